The van der Waals surface area contributed by atoms with Gasteiger partial charge in [-0.1, -0.05) is 13.8 Å². The third kappa shape index (κ3) is 6.06. The zero-order chi connectivity index (χ0) is 26.7. The number of amides is 1. The number of ether oxygens (including phenoxy) is 1. The third-order valence-corrected chi connectivity index (χ3v) is 7.96. The average molecular weight is 533 g/mol. The molecule has 3 rings (SSSR count). The first-order chi connectivity index (χ1) is 16.9. The number of carbonyl (C=O) groups is 1. The molecule has 0 bridgehead atoms. The second-order valence-electron chi connectivity index (χ2n) is 8.16. The van der Waals surface area contributed by atoms with E-state index in [1.807, 2.05) is 0 Å². The Kier molecular flexibility index (Phi) is 8.44. The zero-order valence-electron chi connectivity index (χ0n) is 20.2. The molecule has 0 N–H and O–H groups in total. The predicted octanol–water partition coefficient (Wildman–Crippen LogP) is 3.33. The molecule has 8 nitrogen and oxygen atoms in total. The van der Waals surface area contributed by atoms with Gasteiger partial charge in [-0.25, -0.2) is 17.8 Å². The first-order valence-electron chi connectivity index (χ1n) is 11.3. The molecule has 36 heavy (non-hydrogen) atoms. The van der Waals surface area contributed by atoms with E-state index in [-0.39, 0.29) is 42.5 Å². The molecule has 13 heteroatoms. The van der Waals surface area contributed by atoms with Crippen molar-refractivity contribution in [1.82, 2.24) is 14.2 Å². The van der Waals surface area contributed by atoms with E-state index in [4.69, 9.17) is 4.74 Å². The Bertz CT molecular complexity index is 1200. The van der Waals surface area contributed by atoms with Gasteiger partial charge in [-0.05, 0) is 29.8 Å². The Morgan fingerprint density at radius 2 is 1.75 bits per heavy atom. The number of carbonyl (C=O) groups excluding carboxylic acids is 1. The van der Waals surface area contributed by atoms with Crippen molar-refractivity contribution in [3.63, 3.8) is 0 Å². The average Bonchev–Trinajstić information content (AvgIpc) is 2.83. The Morgan fingerprint density at radius 1 is 1.11 bits per heavy atom. The summed E-state index contributed by atoms with van der Waals surface area (Å²) in [4.78, 5) is 20.4. The highest BCUT2D eigenvalue weighted by molar-refractivity contribution is 7.89. The molecule has 2 aromatic rings. The number of nitrogens with zero attached hydrogens (tertiary/aromatic N) is 4. The van der Waals surface area contributed by atoms with Crippen molar-refractivity contribution < 1.29 is 35.5 Å². The van der Waals surface area contributed by atoms with Crippen LogP contribution in [0.1, 0.15) is 29.8 Å². The van der Waals surface area contributed by atoms with E-state index in [1.165, 1.54) is 28.6 Å². The van der Waals surface area contributed by atoms with Crippen molar-refractivity contribution in [1.29, 1.82) is 0 Å². The number of piperazine rings is 1. The minimum absolute atomic E-state index is 0.00334. The molecule has 1 aliphatic heterocycles. The molecule has 2 heterocycles. The van der Waals surface area contributed by atoms with Gasteiger partial charge in [-0.15, -0.1) is 0 Å². The Balaban J connectivity index is 1.81. The summed E-state index contributed by atoms with van der Waals surface area (Å²) in [6.45, 7) is 4.87. The smallest absolute Gasteiger partial charge is 0.393 e. The van der Waals surface area contributed by atoms with E-state index in [9.17, 15) is 30.8 Å². The number of alkyl halides is 3. The molecule has 1 saturated heterocycles. The number of halogens is 4. The molecule has 1 amide bonds. The molecule has 1 aromatic heterocycles. The van der Waals surface area contributed by atoms with Gasteiger partial charge in [0.2, 0.25) is 15.9 Å². The van der Waals surface area contributed by atoms with Crippen LogP contribution in [0, 0.1) is 5.82 Å². The molecule has 1 aliphatic rings. The van der Waals surface area contributed by atoms with Crippen molar-refractivity contribution in [3.05, 3.63) is 47.4 Å². The number of pyridine rings is 1. The molecular formula is C23H28F4N4O4S. The van der Waals surface area contributed by atoms with Crippen LogP contribution >= 0.6 is 0 Å². The Labute approximate surface area is 207 Å². The fourth-order valence-electron chi connectivity index (χ4n) is 4.11. The number of hydrogen-bond acceptors (Lipinski definition) is 6. The molecule has 0 saturated carbocycles. The van der Waals surface area contributed by atoms with Gasteiger partial charge in [0, 0.05) is 44.8 Å². The van der Waals surface area contributed by atoms with Gasteiger partial charge >= 0.3 is 6.18 Å². The molecule has 0 aliphatic carbocycles. The standard InChI is InChI=1S/C23H28F4N4O4S/c1-4-31(5-2)36(33,34)18-13-20(21(35-3)28-15-18)29-8-10-30(11-9-29)22(32)19-7-6-17(24)12-16(19)14-23(25,26)27/h6-7,12-13,15H,4-5,8-11,14H2,1-3H3. The van der Waals surface area contributed by atoms with Crippen molar-refractivity contribution in [2.24, 2.45) is 0 Å². The first-order valence-corrected chi connectivity index (χ1v) is 12.8. The van der Waals surface area contributed by atoms with Crippen LogP contribution in [0.4, 0.5) is 23.2 Å². The van der Waals surface area contributed by atoms with Gasteiger partial charge in [-0.2, -0.15) is 17.5 Å². The van der Waals surface area contributed by atoms with Gasteiger partial charge in [-0.3, -0.25) is 4.79 Å². The summed E-state index contributed by atoms with van der Waals surface area (Å²) in [6, 6.07) is 4.23. The van der Waals surface area contributed by atoms with Crippen LogP contribution in [-0.2, 0) is 16.4 Å². The molecular weight excluding hydrogens is 504 g/mol. The van der Waals surface area contributed by atoms with Crippen LogP contribution < -0.4 is 9.64 Å². The highest BCUT2D eigenvalue weighted by Gasteiger charge is 2.32. The summed E-state index contributed by atoms with van der Waals surface area (Å²) < 4.78 is 85.0. The van der Waals surface area contributed by atoms with Crippen LogP contribution in [-0.4, -0.2) is 81.1 Å². The Hall–Kier alpha value is -2.93. The lowest BCUT2D eigenvalue weighted by molar-refractivity contribution is -0.127. The zero-order valence-corrected chi connectivity index (χ0v) is 21.0. The van der Waals surface area contributed by atoms with E-state index in [0.717, 1.165) is 18.2 Å². The highest BCUT2D eigenvalue weighted by atomic mass is 32.2. The lowest BCUT2D eigenvalue weighted by Crippen LogP contribution is -2.49. The SMILES string of the molecule is CCN(CC)S(=O)(=O)c1cnc(OC)c(N2CCN(C(=O)c3ccc(F)cc3CC(F)(F)F)CC2)c1. The minimum Gasteiger partial charge on any atom is -0.480 e. The van der Waals surface area contributed by atoms with Gasteiger partial charge in [0.25, 0.3) is 5.91 Å². The lowest BCUT2D eigenvalue weighted by Gasteiger charge is -2.36. The van der Waals surface area contributed by atoms with Crippen molar-refractivity contribution >= 4 is 21.6 Å². The quantitative estimate of drug-likeness (QED) is 0.485. The maximum Gasteiger partial charge on any atom is 0.393 e. The number of methoxy groups -OCH3 is 1. The molecule has 0 atom stereocenters. The molecule has 1 fully saturated rings. The third-order valence-electron chi connectivity index (χ3n) is 5.94. The molecule has 198 valence electrons. The van der Waals surface area contributed by atoms with Gasteiger partial charge in [0.1, 0.15) is 16.4 Å². The normalized spacial score (nSPS) is 14.9. The Morgan fingerprint density at radius 3 is 2.31 bits per heavy atom. The monoisotopic (exact) mass is 532 g/mol. The molecule has 0 unspecified atom stereocenters. The highest BCUT2D eigenvalue weighted by Crippen LogP contribution is 2.31. The second kappa shape index (κ2) is 11.0. The number of benzene rings is 1. The predicted molar refractivity (Wildman–Crippen MR) is 125 cm³/mol. The minimum atomic E-state index is -4.60. The van der Waals surface area contributed by atoms with Crippen LogP contribution in [0.5, 0.6) is 5.88 Å². The van der Waals surface area contributed by atoms with Crippen molar-refractivity contribution in [2.45, 2.75) is 31.3 Å². The fraction of sp³-hybridized carbons (Fsp3) is 0.478. The molecule has 1 aromatic carbocycles. The summed E-state index contributed by atoms with van der Waals surface area (Å²) in [5.74, 6) is -1.27. The number of aromatic nitrogens is 1. The van der Waals surface area contributed by atoms with Gasteiger partial charge in [0.05, 0.1) is 19.7 Å². The van der Waals surface area contributed by atoms with Crippen LogP contribution in [0.3, 0.4) is 0 Å². The van der Waals surface area contributed by atoms with Crippen LogP contribution in [0.2, 0.25) is 0 Å². The molecule has 0 radical (unpaired) electrons. The van der Waals surface area contributed by atoms with Gasteiger partial charge in [0.15, 0.2) is 0 Å². The summed E-state index contributed by atoms with van der Waals surface area (Å²) in [6.07, 6.45) is -4.78. The summed E-state index contributed by atoms with van der Waals surface area (Å²) in [5.41, 5.74) is -0.193. The van der Waals surface area contributed by atoms with Gasteiger partial charge < -0.3 is 14.5 Å². The second-order valence-corrected chi connectivity index (χ2v) is 10.1. The number of rotatable bonds is 8. The summed E-state index contributed by atoms with van der Waals surface area (Å²) in [5, 5.41) is 0. The van der Waals surface area contributed by atoms with Crippen LogP contribution in [0.25, 0.3) is 0 Å². The largest absolute Gasteiger partial charge is 0.480 e. The number of hydrogen-bond donors (Lipinski definition) is 0. The van der Waals surface area contributed by atoms with E-state index in [1.54, 1.807) is 18.7 Å². The van der Waals surface area contributed by atoms with E-state index in [2.05, 4.69) is 4.98 Å². The topological polar surface area (TPSA) is 83.1 Å². The maximum atomic E-state index is 13.6. The summed E-state index contributed by atoms with van der Waals surface area (Å²) >= 11 is 0. The van der Waals surface area contributed by atoms with Crippen molar-refractivity contribution in [3.8, 4) is 5.88 Å². The molecule has 0 spiro atoms. The lowest BCUT2D eigenvalue weighted by atomic mass is 10.0. The number of sulfonamides is 1. The maximum absolute atomic E-state index is 13.6. The van der Waals surface area contributed by atoms with Crippen LogP contribution in [0.15, 0.2) is 35.4 Å². The van der Waals surface area contributed by atoms with E-state index < -0.39 is 39.9 Å². The van der Waals surface area contributed by atoms with Crippen molar-refractivity contribution in [2.75, 3.05) is 51.3 Å². The van der Waals surface area contributed by atoms with E-state index in [0.29, 0.717) is 18.8 Å². The number of anilines is 1. The first kappa shape index (κ1) is 27.7. The summed E-state index contributed by atoms with van der Waals surface area (Å²) in [7, 11) is -2.37. The van der Waals surface area contributed by atoms with E-state index >= 15 is 0 Å². The fourth-order valence-corrected chi connectivity index (χ4v) is 5.54.